The van der Waals surface area contributed by atoms with Crippen molar-refractivity contribution in [2.45, 2.75) is 44.2 Å². The smallest absolute Gasteiger partial charge is 0.164 e. The quantitative estimate of drug-likeness (QED) is 0.513. The average molecular weight is 466 g/mol. The summed E-state index contributed by atoms with van der Waals surface area (Å²) in [5.74, 6) is -0.661. The standard InChI is InChI=1S/C15H17ClIN3O4/c1-15(2)23-10-8(5-21-3)22-14(11(10)24-15)20-4-7(17)9-12(16)18-6-19-13(9)20/h4,6,8,10-11,14H,5H2,1-3H3/t8-,10-,11-,14-/m1/s1. The van der Waals surface area contributed by atoms with Crippen molar-refractivity contribution < 1.29 is 18.9 Å². The summed E-state index contributed by atoms with van der Waals surface area (Å²) >= 11 is 8.45. The Morgan fingerprint density at radius 2 is 2.08 bits per heavy atom. The van der Waals surface area contributed by atoms with Crippen LogP contribution in [0.15, 0.2) is 12.5 Å². The lowest BCUT2D eigenvalue weighted by atomic mass is 10.1. The summed E-state index contributed by atoms with van der Waals surface area (Å²) in [6.45, 7) is 4.24. The molecule has 0 amide bonds. The van der Waals surface area contributed by atoms with E-state index >= 15 is 0 Å². The van der Waals surface area contributed by atoms with Crippen LogP contribution in [-0.4, -0.2) is 52.4 Å². The summed E-state index contributed by atoms with van der Waals surface area (Å²) in [7, 11) is 1.65. The van der Waals surface area contributed by atoms with Crippen LogP contribution in [0.25, 0.3) is 11.0 Å². The van der Waals surface area contributed by atoms with Crippen molar-refractivity contribution in [1.82, 2.24) is 14.5 Å². The molecule has 0 bridgehead atoms. The molecule has 24 heavy (non-hydrogen) atoms. The number of hydrogen-bond acceptors (Lipinski definition) is 6. The third-order valence-electron chi connectivity index (χ3n) is 4.25. The van der Waals surface area contributed by atoms with Crippen LogP contribution in [-0.2, 0) is 18.9 Å². The van der Waals surface area contributed by atoms with Gasteiger partial charge in [0.05, 0.1) is 12.0 Å². The molecule has 0 N–H and O–H groups in total. The van der Waals surface area contributed by atoms with Gasteiger partial charge in [0.15, 0.2) is 12.0 Å². The Morgan fingerprint density at radius 3 is 2.83 bits per heavy atom. The van der Waals surface area contributed by atoms with Gasteiger partial charge >= 0.3 is 0 Å². The largest absolute Gasteiger partial charge is 0.382 e. The molecule has 0 aromatic carbocycles. The minimum atomic E-state index is -0.661. The van der Waals surface area contributed by atoms with Crippen LogP contribution in [0.1, 0.15) is 20.1 Å². The highest BCUT2D eigenvalue weighted by molar-refractivity contribution is 14.1. The molecule has 0 spiro atoms. The second-order valence-corrected chi connectivity index (χ2v) is 7.85. The minimum Gasteiger partial charge on any atom is -0.382 e. The number of ether oxygens (including phenoxy) is 4. The van der Waals surface area contributed by atoms with E-state index in [1.807, 2.05) is 24.6 Å². The molecule has 7 nitrogen and oxygen atoms in total. The maximum Gasteiger partial charge on any atom is 0.164 e. The van der Waals surface area contributed by atoms with Crippen molar-refractivity contribution in [3.8, 4) is 0 Å². The fourth-order valence-electron chi connectivity index (χ4n) is 3.38. The van der Waals surface area contributed by atoms with Crippen LogP contribution in [0.3, 0.4) is 0 Å². The van der Waals surface area contributed by atoms with Crippen LogP contribution in [0.2, 0.25) is 5.15 Å². The zero-order valence-corrected chi connectivity index (χ0v) is 16.3. The van der Waals surface area contributed by atoms with E-state index in [0.717, 1.165) is 14.6 Å². The molecule has 0 aliphatic carbocycles. The lowest BCUT2D eigenvalue weighted by molar-refractivity contribution is -0.200. The molecule has 2 aromatic rings. The Hall–Kier alpha value is -0.520. The maximum atomic E-state index is 6.23. The molecule has 2 aliphatic rings. The zero-order chi connectivity index (χ0) is 17.1. The van der Waals surface area contributed by atoms with Gasteiger partial charge in [-0.2, -0.15) is 0 Å². The molecular weight excluding hydrogens is 449 g/mol. The van der Waals surface area contributed by atoms with Crippen molar-refractivity contribution in [3.05, 3.63) is 21.2 Å². The number of rotatable bonds is 3. The Kier molecular flexibility index (Phi) is 4.25. The molecule has 9 heteroatoms. The van der Waals surface area contributed by atoms with Gasteiger partial charge in [-0.25, -0.2) is 9.97 Å². The van der Waals surface area contributed by atoms with Gasteiger partial charge in [-0.3, -0.25) is 0 Å². The Labute approximate surface area is 157 Å². The second-order valence-electron chi connectivity index (χ2n) is 6.33. The SMILES string of the molecule is COC[C@H]1O[C@@H](n2cc(I)c3c(Cl)ncnc32)[C@@H]2OC(C)(C)O[C@@H]21. The highest BCUT2D eigenvalue weighted by Gasteiger charge is 2.56. The summed E-state index contributed by atoms with van der Waals surface area (Å²) in [6.07, 6.45) is 2.38. The van der Waals surface area contributed by atoms with E-state index in [2.05, 4.69) is 32.6 Å². The first-order valence-electron chi connectivity index (χ1n) is 7.58. The van der Waals surface area contributed by atoms with Gasteiger partial charge in [0, 0.05) is 16.9 Å². The van der Waals surface area contributed by atoms with E-state index in [1.165, 1.54) is 6.33 Å². The fraction of sp³-hybridized carbons (Fsp3) is 0.600. The normalized spacial score (nSPS) is 31.7. The van der Waals surface area contributed by atoms with Gasteiger partial charge in [-0.05, 0) is 36.4 Å². The monoisotopic (exact) mass is 465 g/mol. The highest BCUT2D eigenvalue weighted by Crippen LogP contribution is 2.44. The summed E-state index contributed by atoms with van der Waals surface area (Å²) in [5, 5.41) is 1.24. The molecule has 130 valence electrons. The number of aromatic nitrogens is 3. The summed E-state index contributed by atoms with van der Waals surface area (Å²) < 4.78 is 26.5. The molecule has 2 aliphatic heterocycles. The summed E-state index contributed by atoms with van der Waals surface area (Å²) in [6, 6.07) is 0. The molecule has 4 heterocycles. The number of nitrogens with zero attached hydrogens (tertiary/aromatic N) is 3. The molecule has 4 atom stereocenters. The maximum absolute atomic E-state index is 6.23. The Balaban J connectivity index is 1.78. The number of methoxy groups -OCH3 is 1. The van der Waals surface area contributed by atoms with E-state index in [1.54, 1.807) is 7.11 Å². The summed E-state index contributed by atoms with van der Waals surface area (Å²) in [5.41, 5.74) is 0.717. The number of hydrogen-bond donors (Lipinski definition) is 0. The van der Waals surface area contributed by atoms with Gasteiger partial charge in [-0.15, -0.1) is 0 Å². The van der Waals surface area contributed by atoms with Gasteiger partial charge in [0.2, 0.25) is 0 Å². The molecular formula is C15H17ClIN3O4. The lowest BCUT2D eigenvalue weighted by Gasteiger charge is -2.24. The fourth-order valence-corrected chi connectivity index (χ4v) is 4.57. The molecule has 0 radical (unpaired) electrons. The lowest BCUT2D eigenvalue weighted by Crippen LogP contribution is -2.32. The predicted octanol–water partition coefficient (Wildman–Crippen LogP) is 2.75. The Morgan fingerprint density at radius 1 is 1.33 bits per heavy atom. The van der Waals surface area contributed by atoms with E-state index in [0.29, 0.717) is 11.8 Å². The number of fused-ring (bicyclic) bond motifs is 2. The van der Waals surface area contributed by atoms with Crippen molar-refractivity contribution in [2.75, 3.05) is 13.7 Å². The van der Waals surface area contributed by atoms with Crippen LogP contribution < -0.4 is 0 Å². The topological polar surface area (TPSA) is 67.6 Å². The average Bonchev–Trinajstić information content (AvgIpc) is 3.11. The summed E-state index contributed by atoms with van der Waals surface area (Å²) in [4.78, 5) is 8.45. The van der Waals surface area contributed by atoms with Crippen molar-refractivity contribution in [3.63, 3.8) is 0 Å². The van der Waals surface area contributed by atoms with Crippen LogP contribution in [0.4, 0.5) is 0 Å². The zero-order valence-electron chi connectivity index (χ0n) is 13.4. The van der Waals surface area contributed by atoms with Gasteiger partial charge < -0.3 is 23.5 Å². The molecule has 4 rings (SSSR count). The minimum absolute atomic E-state index is 0.197. The first-order chi connectivity index (χ1) is 11.4. The molecule has 2 fully saturated rings. The van der Waals surface area contributed by atoms with Crippen molar-refractivity contribution in [2.24, 2.45) is 0 Å². The van der Waals surface area contributed by atoms with Crippen LogP contribution in [0, 0.1) is 3.57 Å². The van der Waals surface area contributed by atoms with Crippen LogP contribution >= 0.6 is 34.2 Å². The molecule has 0 unspecified atom stereocenters. The molecule has 0 saturated carbocycles. The van der Waals surface area contributed by atoms with E-state index in [9.17, 15) is 0 Å². The first kappa shape index (κ1) is 16.9. The third-order valence-corrected chi connectivity index (χ3v) is 5.35. The number of halogens is 2. The van der Waals surface area contributed by atoms with Gasteiger partial charge in [0.25, 0.3) is 0 Å². The van der Waals surface area contributed by atoms with Crippen molar-refractivity contribution >= 4 is 45.2 Å². The molecule has 2 aromatic heterocycles. The predicted molar refractivity (Wildman–Crippen MR) is 94.9 cm³/mol. The van der Waals surface area contributed by atoms with Gasteiger partial charge in [-0.1, -0.05) is 11.6 Å². The molecule has 2 saturated heterocycles. The second kappa shape index (κ2) is 6.03. The van der Waals surface area contributed by atoms with E-state index in [-0.39, 0.29) is 24.5 Å². The van der Waals surface area contributed by atoms with E-state index < -0.39 is 5.79 Å². The van der Waals surface area contributed by atoms with E-state index in [4.69, 9.17) is 30.5 Å². The van der Waals surface area contributed by atoms with Crippen LogP contribution in [0.5, 0.6) is 0 Å². The third kappa shape index (κ3) is 2.63. The highest BCUT2D eigenvalue weighted by atomic mass is 127. The Bertz CT molecular complexity index is 783. The van der Waals surface area contributed by atoms with Gasteiger partial charge in [0.1, 0.15) is 35.4 Å². The van der Waals surface area contributed by atoms with Crippen molar-refractivity contribution in [1.29, 1.82) is 0 Å². The first-order valence-corrected chi connectivity index (χ1v) is 9.03.